The van der Waals surface area contributed by atoms with E-state index in [1.807, 2.05) is 65.0 Å². The molecule has 0 fully saturated rings. The standard InChI is InChI=1S/C20H22N2O2/c1-12-10-13(2)17-16(11-12)22-18(24-17)14-6-8-15(9-7-14)21-19(23)20(3,4)5/h6-11H,1-5H3,(H,21,23). The Morgan fingerprint density at radius 2 is 1.75 bits per heavy atom. The number of amides is 1. The summed E-state index contributed by atoms with van der Waals surface area (Å²) in [5.41, 5.74) is 5.17. The Labute approximate surface area is 141 Å². The van der Waals surface area contributed by atoms with Crippen LogP contribution in [0.2, 0.25) is 0 Å². The van der Waals surface area contributed by atoms with E-state index in [9.17, 15) is 4.79 Å². The molecule has 0 aliphatic heterocycles. The predicted octanol–water partition coefficient (Wildman–Crippen LogP) is 5.10. The third kappa shape index (κ3) is 3.18. The summed E-state index contributed by atoms with van der Waals surface area (Å²) in [5.74, 6) is 0.579. The zero-order valence-corrected chi connectivity index (χ0v) is 14.7. The highest BCUT2D eigenvalue weighted by atomic mass is 16.3. The first-order valence-corrected chi connectivity index (χ1v) is 8.04. The summed E-state index contributed by atoms with van der Waals surface area (Å²) >= 11 is 0. The SMILES string of the molecule is Cc1cc(C)c2oc(-c3ccc(NC(=O)C(C)(C)C)cc3)nc2c1. The molecule has 124 valence electrons. The second-order valence-electron chi connectivity index (χ2n) is 7.23. The van der Waals surface area contributed by atoms with E-state index in [2.05, 4.69) is 16.4 Å². The molecule has 0 unspecified atom stereocenters. The van der Waals surface area contributed by atoms with Crippen molar-refractivity contribution in [3.8, 4) is 11.5 Å². The van der Waals surface area contributed by atoms with Gasteiger partial charge in [0.1, 0.15) is 5.52 Å². The van der Waals surface area contributed by atoms with Crippen LogP contribution < -0.4 is 5.32 Å². The zero-order chi connectivity index (χ0) is 17.5. The van der Waals surface area contributed by atoms with E-state index < -0.39 is 5.41 Å². The van der Waals surface area contributed by atoms with E-state index in [0.717, 1.165) is 27.9 Å². The highest BCUT2D eigenvalue weighted by Crippen LogP contribution is 2.28. The van der Waals surface area contributed by atoms with E-state index in [4.69, 9.17) is 4.42 Å². The van der Waals surface area contributed by atoms with Gasteiger partial charge in [0.05, 0.1) is 0 Å². The molecule has 1 heterocycles. The van der Waals surface area contributed by atoms with Crippen LogP contribution in [0.15, 0.2) is 40.8 Å². The van der Waals surface area contributed by atoms with Gasteiger partial charge >= 0.3 is 0 Å². The maximum absolute atomic E-state index is 12.0. The summed E-state index contributed by atoms with van der Waals surface area (Å²) in [7, 11) is 0. The summed E-state index contributed by atoms with van der Waals surface area (Å²) in [5, 5.41) is 2.91. The minimum absolute atomic E-state index is 0.0109. The third-order valence-corrected chi connectivity index (χ3v) is 3.89. The van der Waals surface area contributed by atoms with E-state index in [1.165, 1.54) is 5.56 Å². The average molecular weight is 322 g/mol. The van der Waals surface area contributed by atoms with Crippen molar-refractivity contribution in [2.75, 3.05) is 5.32 Å². The number of oxazole rings is 1. The van der Waals surface area contributed by atoms with Gasteiger partial charge in [-0.3, -0.25) is 4.79 Å². The van der Waals surface area contributed by atoms with E-state index in [-0.39, 0.29) is 5.91 Å². The number of rotatable bonds is 2. The van der Waals surface area contributed by atoms with Crippen LogP contribution in [0.1, 0.15) is 31.9 Å². The lowest BCUT2D eigenvalue weighted by Gasteiger charge is -2.17. The quantitative estimate of drug-likeness (QED) is 0.714. The number of benzene rings is 2. The van der Waals surface area contributed by atoms with E-state index in [1.54, 1.807) is 0 Å². The molecule has 1 N–H and O–H groups in total. The number of fused-ring (bicyclic) bond motifs is 1. The maximum atomic E-state index is 12.0. The number of aryl methyl sites for hydroxylation is 2. The van der Waals surface area contributed by atoms with Gasteiger partial charge in [-0.15, -0.1) is 0 Å². The fraction of sp³-hybridized carbons (Fsp3) is 0.300. The molecule has 0 atom stereocenters. The number of aromatic nitrogens is 1. The van der Waals surface area contributed by atoms with Crippen LogP contribution in [0.5, 0.6) is 0 Å². The lowest BCUT2D eigenvalue weighted by Crippen LogP contribution is -2.27. The molecule has 0 radical (unpaired) electrons. The smallest absolute Gasteiger partial charge is 0.229 e. The number of carbonyl (C=O) groups excluding carboxylic acids is 1. The highest BCUT2D eigenvalue weighted by molar-refractivity contribution is 5.94. The molecule has 4 nitrogen and oxygen atoms in total. The lowest BCUT2D eigenvalue weighted by molar-refractivity contribution is -0.123. The molecule has 3 aromatic rings. The summed E-state index contributed by atoms with van der Waals surface area (Å²) in [6, 6.07) is 11.7. The maximum Gasteiger partial charge on any atom is 0.229 e. The number of nitrogens with zero attached hydrogens (tertiary/aromatic N) is 1. The molecule has 0 aliphatic carbocycles. The third-order valence-electron chi connectivity index (χ3n) is 3.89. The molecule has 0 bridgehead atoms. The van der Waals surface area contributed by atoms with Crippen LogP contribution in [0.25, 0.3) is 22.6 Å². The van der Waals surface area contributed by atoms with Crippen molar-refractivity contribution >= 4 is 22.7 Å². The average Bonchev–Trinajstić information content (AvgIpc) is 2.91. The second-order valence-corrected chi connectivity index (χ2v) is 7.23. The molecular formula is C20H22N2O2. The normalized spacial score (nSPS) is 11.7. The summed E-state index contributed by atoms with van der Waals surface area (Å²) < 4.78 is 5.92. The number of hydrogen-bond donors (Lipinski definition) is 1. The van der Waals surface area contributed by atoms with Crippen molar-refractivity contribution in [2.45, 2.75) is 34.6 Å². The van der Waals surface area contributed by atoms with Gasteiger partial charge in [0, 0.05) is 16.7 Å². The molecule has 4 heteroatoms. The summed E-state index contributed by atoms with van der Waals surface area (Å²) in [6.07, 6.45) is 0. The molecule has 2 aromatic carbocycles. The van der Waals surface area contributed by atoms with Crippen molar-refractivity contribution in [2.24, 2.45) is 5.41 Å². The molecule has 0 saturated carbocycles. The molecule has 0 saturated heterocycles. The van der Waals surface area contributed by atoms with Crippen LogP contribution in [0, 0.1) is 19.3 Å². The number of hydrogen-bond acceptors (Lipinski definition) is 3. The van der Waals surface area contributed by atoms with Gasteiger partial charge in [0.25, 0.3) is 0 Å². The van der Waals surface area contributed by atoms with Crippen molar-refractivity contribution < 1.29 is 9.21 Å². The predicted molar refractivity (Wildman–Crippen MR) is 97.0 cm³/mol. The molecule has 24 heavy (non-hydrogen) atoms. The first kappa shape index (κ1) is 16.2. The van der Waals surface area contributed by atoms with Gasteiger partial charge in [-0.05, 0) is 55.3 Å². The number of anilines is 1. The van der Waals surface area contributed by atoms with Crippen molar-refractivity contribution in [1.82, 2.24) is 4.98 Å². The van der Waals surface area contributed by atoms with Gasteiger partial charge in [-0.25, -0.2) is 4.98 Å². The highest BCUT2D eigenvalue weighted by Gasteiger charge is 2.21. The Bertz CT molecular complexity index is 900. The van der Waals surface area contributed by atoms with E-state index >= 15 is 0 Å². The Balaban J connectivity index is 1.88. The van der Waals surface area contributed by atoms with Gasteiger partial charge in [0.2, 0.25) is 11.8 Å². The summed E-state index contributed by atoms with van der Waals surface area (Å²) in [4.78, 5) is 16.6. The Hall–Kier alpha value is -2.62. The zero-order valence-electron chi connectivity index (χ0n) is 14.7. The lowest BCUT2D eigenvalue weighted by atomic mass is 9.95. The Morgan fingerprint density at radius 1 is 1.08 bits per heavy atom. The minimum atomic E-state index is -0.422. The van der Waals surface area contributed by atoms with Crippen LogP contribution in [0.4, 0.5) is 5.69 Å². The van der Waals surface area contributed by atoms with Crippen LogP contribution >= 0.6 is 0 Å². The van der Waals surface area contributed by atoms with E-state index in [0.29, 0.717) is 5.89 Å². The van der Waals surface area contributed by atoms with Crippen molar-refractivity contribution in [3.63, 3.8) is 0 Å². The molecule has 3 rings (SSSR count). The molecule has 0 spiro atoms. The fourth-order valence-electron chi connectivity index (χ4n) is 2.51. The Morgan fingerprint density at radius 3 is 2.38 bits per heavy atom. The fourth-order valence-corrected chi connectivity index (χ4v) is 2.51. The van der Waals surface area contributed by atoms with Crippen molar-refractivity contribution in [1.29, 1.82) is 0 Å². The number of carbonyl (C=O) groups is 1. The molecule has 1 amide bonds. The number of nitrogens with one attached hydrogen (secondary N) is 1. The van der Waals surface area contributed by atoms with Crippen LogP contribution in [0.3, 0.4) is 0 Å². The Kier molecular flexibility index (Phi) is 3.91. The van der Waals surface area contributed by atoms with Gasteiger partial charge in [-0.1, -0.05) is 26.8 Å². The second kappa shape index (κ2) is 5.78. The molecule has 0 aliphatic rings. The van der Waals surface area contributed by atoms with Crippen molar-refractivity contribution in [3.05, 3.63) is 47.5 Å². The first-order valence-electron chi connectivity index (χ1n) is 8.04. The topological polar surface area (TPSA) is 55.1 Å². The van der Waals surface area contributed by atoms with Gasteiger partial charge < -0.3 is 9.73 Å². The monoisotopic (exact) mass is 322 g/mol. The molecule has 1 aromatic heterocycles. The minimum Gasteiger partial charge on any atom is -0.436 e. The van der Waals surface area contributed by atoms with Crippen LogP contribution in [-0.2, 0) is 4.79 Å². The largest absolute Gasteiger partial charge is 0.436 e. The van der Waals surface area contributed by atoms with Gasteiger partial charge in [-0.2, -0.15) is 0 Å². The van der Waals surface area contributed by atoms with Crippen LogP contribution in [-0.4, -0.2) is 10.9 Å². The molecular weight excluding hydrogens is 300 g/mol. The first-order chi connectivity index (χ1) is 11.2. The van der Waals surface area contributed by atoms with Gasteiger partial charge in [0.15, 0.2) is 5.58 Å². The summed E-state index contributed by atoms with van der Waals surface area (Å²) in [6.45, 7) is 9.74.